The van der Waals surface area contributed by atoms with Gasteiger partial charge in [0.2, 0.25) is 0 Å². The minimum atomic E-state index is -0.428. The maximum absolute atomic E-state index is 11.8. The first-order valence-corrected chi connectivity index (χ1v) is 6.51. The molecule has 2 atom stereocenters. The normalized spacial score (nSPS) is 14.2. The van der Waals surface area contributed by atoms with Crippen LogP contribution < -0.4 is 5.32 Å². The molecule has 0 aliphatic heterocycles. The molecule has 0 aliphatic rings. The van der Waals surface area contributed by atoms with E-state index in [-0.39, 0.29) is 11.9 Å². The molecule has 0 saturated heterocycles. The molecule has 0 fully saturated rings. The smallest absolute Gasteiger partial charge is 0.251 e. The van der Waals surface area contributed by atoms with Crippen LogP contribution in [0.1, 0.15) is 30.6 Å². The summed E-state index contributed by atoms with van der Waals surface area (Å²) in [7, 11) is 0. The Morgan fingerprint density at radius 3 is 2.71 bits per heavy atom. The van der Waals surface area contributed by atoms with Crippen LogP contribution in [0.15, 0.2) is 22.7 Å². The van der Waals surface area contributed by atoms with Gasteiger partial charge in [-0.1, -0.05) is 11.6 Å². The Labute approximate surface area is 114 Å². The van der Waals surface area contributed by atoms with E-state index in [1.165, 1.54) is 0 Å². The maximum Gasteiger partial charge on any atom is 0.251 e. The van der Waals surface area contributed by atoms with Gasteiger partial charge >= 0.3 is 0 Å². The molecule has 0 heterocycles. The highest BCUT2D eigenvalue weighted by Gasteiger charge is 2.12. The van der Waals surface area contributed by atoms with E-state index in [2.05, 4.69) is 21.2 Å². The van der Waals surface area contributed by atoms with Gasteiger partial charge in [0.1, 0.15) is 0 Å². The number of aliphatic hydroxyl groups is 1. The van der Waals surface area contributed by atoms with E-state index in [0.29, 0.717) is 21.5 Å². The average Bonchev–Trinajstić information content (AvgIpc) is 2.20. The van der Waals surface area contributed by atoms with Gasteiger partial charge in [-0.25, -0.2) is 0 Å². The van der Waals surface area contributed by atoms with Gasteiger partial charge in [0, 0.05) is 16.1 Å². The predicted molar refractivity (Wildman–Crippen MR) is 72.4 cm³/mol. The van der Waals surface area contributed by atoms with E-state index in [0.717, 1.165) is 0 Å². The highest BCUT2D eigenvalue weighted by atomic mass is 79.9. The molecule has 1 rings (SSSR count). The Morgan fingerprint density at radius 2 is 2.18 bits per heavy atom. The molecule has 2 unspecified atom stereocenters. The molecule has 2 N–H and O–H groups in total. The lowest BCUT2D eigenvalue weighted by atomic mass is 10.1. The Hall–Kier alpha value is -0.580. The van der Waals surface area contributed by atoms with Crippen LogP contribution in [0.3, 0.4) is 0 Å². The lowest BCUT2D eigenvalue weighted by Gasteiger charge is -2.15. The van der Waals surface area contributed by atoms with Crippen LogP contribution in [0, 0.1) is 0 Å². The fourth-order valence-corrected chi connectivity index (χ4v) is 2.01. The second-order valence-corrected chi connectivity index (χ2v) is 5.35. The average molecular weight is 321 g/mol. The number of rotatable bonds is 4. The lowest BCUT2D eigenvalue weighted by molar-refractivity contribution is 0.0923. The number of amides is 1. The third-order valence-electron chi connectivity index (χ3n) is 2.25. The van der Waals surface area contributed by atoms with E-state index in [9.17, 15) is 9.90 Å². The van der Waals surface area contributed by atoms with Gasteiger partial charge in [-0.3, -0.25) is 4.79 Å². The summed E-state index contributed by atoms with van der Waals surface area (Å²) in [5.74, 6) is -0.171. The zero-order chi connectivity index (χ0) is 13.0. The largest absolute Gasteiger partial charge is 0.393 e. The molecule has 94 valence electrons. The van der Waals surface area contributed by atoms with Crippen LogP contribution in [0.5, 0.6) is 0 Å². The highest BCUT2D eigenvalue weighted by molar-refractivity contribution is 9.10. The van der Waals surface area contributed by atoms with Crippen molar-refractivity contribution in [1.82, 2.24) is 5.32 Å². The Balaban J connectivity index is 2.66. The molecule has 0 radical (unpaired) electrons. The molecule has 1 aromatic carbocycles. The van der Waals surface area contributed by atoms with Crippen LogP contribution in [0.4, 0.5) is 0 Å². The van der Waals surface area contributed by atoms with Crippen molar-refractivity contribution in [3.63, 3.8) is 0 Å². The van der Waals surface area contributed by atoms with Crippen molar-refractivity contribution in [2.75, 3.05) is 0 Å². The zero-order valence-electron chi connectivity index (χ0n) is 9.71. The second kappa shape index (κ2) is 6.38. The summed E-state index contributed by atoms with van der Waals surface area (Å²) in [4.78, 5) is 11.8. The van der Waals surface area contributed by atoms with Crippen molar-refractivity contribution in [2.24, 2.45) is 0 Å². The van der Waals surface area contributed by atoms with Crippen LogP contribution in [-0.4, -0.2) is 23.2 Å². The van der Waals surface area contributed by atoms with Crippen LogP contribution >= 0.6 is 27.5 Å². The van der Waals surface area contributed by atoms with Crippen LogP contribution in [0.25, 0.3) is 0 Å². The number of hydrogen-bond donors (Lipinski definition) is 2. The first kappa shape index (κ1) is 14.5. The second-order valence-electron chi connectivity index (χ2n) is 4.09. The molecule has 0 bridgehead atoms. The molecule has 0 aliphatic carbocycles. The van der Waals surface area contributed by atoms with Gasteiger partial charge in [0.05, 0.1) is 11.1 Å². The van der Waals surface area contributed by atoms with E-state index >= 15 is 0 Å². The molecule has 1 aromatic rings. The van der Waals surface area contributed by atoms with E-state index in [4.69, 9.17) is 11.6 Å². The monoisotopic (exact) mass is 319 g/mol. The van der Waals surface area contributed by atoms with Crippen molar-refractivity contribution in [1.29, 1.82) is 0 Å². The summed E-state index contributed by atoms with van der Waals surface area (Å²) in [6.45, 7) is 3.55. The topological polar surface area (TPSA) is 49.3 Å². The third-order valence-corrected chi connectivity index (χ3v) is 3.47. The van der Waals surface area contributed by atoms with E-state index in [1.54, 1.807) is 25.1 Å². The van der Waals surface area contributed by atoms with Gasteiger partial charge < -0.3 is 10.4 Å². The SMILES string of the molecule is CC(O)CC(C)NC(=O)c1ccc(Cl)c(Br)c1. The lowest BCUT2D eigenvalue weighted by Crippen LogP contribution is -2.34. The summed E-state index contributed by atoms with van der Waals surface area (Å²) >= 11 is 9.12. The highest BCUT2D eigenvalue weighted by Crippen LogP contribution is 2.23. The zero-order valence-corrected chi connectivity index (χ0v) is 12.0. The van der Waals surface area contributed by atoms with Gasteiger partial charge in [0.15, 0.2) is 0 Å². The molecular formula is C12H15BrClNO2. The molecule has 1 amide bonds. The number of nitrogens with one attached hydrogen (secondary N) is 1. The number of hydrogen-bond acceptors (Lipinski definition) is 2. The maximum atomic E-state index is 11.8. The molecule has 3 nitrogen and oxygen atoms in total. The van der Waals surface area contributed by atoms with Crippen molar-refractivity contribution in [3.05, 3.63) is 33.3 Å². The van der Waals surface area contributed by atoms with Gasteiger partial charge in [0.25, 0.3) is 5.91 Å². The van der Waals surface area contributed by atoms with Gasteiger partial charge in [-0.15, -0.1) is 0 Å². The van der Waals surface area contributed by atoms with Crippen LogP contribution in [-0.2, 0) is 0 Å². The van der Waals surface area contributed by atoms with Crippen molar-refractivity contribution < 1.29 is 9.90 Å². The number of halogens is 2. The van der Waals surface area contributed by atoms with Crippen molar-refractivity contribution >= 4 is 33.4 Å². The van der Waals surface area contributed by atoms with Gasteiger partial charge in [-0.05, 0) is 54.4 Å². The van der Waals surface area contributed by atoms with Crippen LogP contribution in [0.2, 0.25) is 5.02 Å². The fraction of sp³-hybridized carbons (Fsp3) is 0.417. The Kier molecular flexibility index (Phi) is 5.43. The Morgan fingerprint density at radius 1 is 1.53 bits per heavy atom. The summed E-state index contributed by atoms with van der Waals surface area (Å²) in [6, 6.07) is 4.93. The first-order chi connectivity index (χ1) is 7.90. The molecule has 17 heavy (non-hydrogen) atoms. The molecular weight excluding hydrogens is 305 g/mol. The molecule has 0 aromatic heterocycles. The predicted octanol–water partition coefficient (Wildman–Crippen LogP) is 2.99. The van der Waals surface area contributed by atoms with Crippen molar-refractivity contribution in [3.8, 4) is 0 Å². The summed E-state index contributed by atoms with van der Waals surface area (Å²) in [5.41, 5.74) is 0.540. The van der Waals surface area contributed by atoms with E-state index < -0.39 is 6.10 Å². The number of benzene rings is 1. The fourth-order valence-electron chi connectivity index (χ4n) is 1.52. The minimum Gasteiger partial charge on any atom is -0.393 e. The summed E-state index contributed by atoms with van der Waals surface area (Å²) in [5, 5.41) is 12.6. The van der Waals surface area contributed by atoms with Crippen molar-refractivity contribution in [2.45, 2.75) is 32.4 Å². The Bertz CT molecular complexity index is 409. The summed E-state index contributed by atoms with van der Waals surface area (Å²) in [6.07, 6.45) is 0.0998. The summed E-state index contributed by atoms with van der Waals surface area (Å²) < 4.78 is 0.690. The minimum absolute atomic E-state index is 0.0723. The van der Waals surface area contributed by atoms with Gasteiger partial charge in [-0.2, -0.15) is 0 Å². The quantitative estimate of drug-likeness (QED) is 0.896. The molecule has 0 spiro atoms. The third kappa shape index (κ3) is 4.66. The number of carbonyl (C=O) groups excluding carboxylic acids is 1. The molecule has 5 heteroatoms. The van der Waals surface area contributed by atoms with E-state index in [1.807, 2.05) is 6.92 Å². The standard InChI is InChI=1S/C12H15BrClNO2/c1-7(5-8(2)16)15-12(17)9-3-4-11(14)10(13)6-9/h3-4,6-8,16H,5H2,1-2H3,(H,15,17). The number of aliphatic hydroxyl groups excluding tert-OH is 1. The molecule has 0 saturated carbocycles. The first-order valence-electron chi connectivity index (χ1n) is 5.34. The number of carbonyl (C=O) groups is 1.